The third-order valence-corrected chi connectivity index (χ3v) is 6.95. The first-order valence-corrected chi connectivity index (χ1v) is 11.4. The average molecular weight is 447 g/mol. The highest BCUT2D eigenvalue weighted by Gasteiger charge is 2.33. The number of ether oxygens (including phenoxy) is 2. The van der Waals surface area contributed by atoms with Gasteiger partial charge in [-0.1, -0.05) is 12.5 Å². The van der Waals surface area contributed by atoms with Crippen LogP contribution in [0.15, 0.2) is 36.7 Å². The summed E-state index contributed by atoms with van der Waals surface area (Å²) in [5.74, 6) is 2.31. The van der Waals surface area contributed by atoms with Crippen molar-refractivity contribution in [3.63, 3.8) is 0 Å². The summed E-state index contributed by atoms with van der Waals surface area (Å²) < 4.78 is 10.7. The Morgan fingerprint density at radius 2 is 1.85 bits per heavy atom. The highest BCUT2D eigenvalue weighted by molar-refractivity contribution is 5.73. The lowest BCUT2D eigenvalue weighted by Gasteiger charge is -2.43. The fraction of sp³-hybridized carbons (Fsp3) is 0.417. The molecule has 0 aliphatic carbocycles. The van der Waals surface area contributed by atoms with Gasteiger partial charge in [0.15, 0.2) is 17.4 Å². The van der Waals surface area contributed by atoms with Crippen LogP contribution in [0, 0.1) is 0 Å². The van der Waals surface area contributed by atoms with Crippen LogP contribution in [0.4, 0.5) is 5.82 Å². The molecule has 33 heavy (non-hydrogen) atoms. The molecule has 0 saturated carbocycles. The summed E-state index contributed by atoms with van der Waals surface area (Å²) >= 11 is 0. The molecule has 3 aliphatic heterocycles. The number of fused-ring (bicyclic) bond motifs is 3. The summed E-state index contributed by atoms with van der Waals surface area (Å²) in [6.45, 7) is 0.171. The van der Waals surface area contributed by atoms with Gasteiger partial charge in [0.1, 0.15) is 5.75 Å². The van der Waals surface area contributed by atoms with Crippen molar-refractivity contribution in [2.45, 2.75) is 50.2 Å². The van der Waals surface area contributed by atoms with Crippen LogP contribution in [0.3, 0.4) is 0 Å². The van der Waals surface area contributed by atoms with E-state index in [4.69, 9.17) is 9.47 Å². The molecule has 1 aromatic carbocycles. The van der Waals surface area contributed by atoms with E-state index in [1.165, 1.54) is 19.3 Å². The Balaban J connectivity index is 1.20. The van der Waals surface area contributed by atoms with Crippen molar-refractivity contribution >= 4 is 5.82 Å². The van der Waals surface area contributed by atoms with Crippen molar-refractivity contribution < 1.29 is 14.6 Å². The van der Waals surface area contributed by atoms with Gasteiger partial charge in [-0.05, 0) is 49.4 Å². The zero-order chi connectivity index (χ0) is 22.4. The molecule has 9 heteroatoms. The van der Waals surface area contributed by atoms with Gasteiger partial charge in [-0.15, -0.1) is 10.2 Å². The molecule has 0 amide bonds. The van der Waals surface area contributed by atoms with Crippen LogP contribution in [-0.2, 0) is 0 Å². The molecule has 1 unspecified atom stereocenters. The Bertz CT molecular complexity index is 1160. The van der Waals surface area contributed by atoms with Gasteiger partial charge in [-0.25, -0.2) is 9.97 Å². The van der Waals surface area contributed by atoms with E-state index < -0.39 is 0 Å². The number of aromatic nitrogens is 4. The van der Waals surface area contributed by atoms with E-state index in [0.717, 1.165) is 29.8 Å². The molecule has 170 valence electrons. The topological polar surface area (TPSA) is 106 Å². The Labute approximate surface area is 191 Å². The van der Waals surface area contributed by atoms with E-state index in [-0.39, 0.29) is 12.5 Å². The minimum absolute atomic E-state index is 0.0826. The Morgan fingerprint density at radius 1 is 1.00 bits per heavy atom. The maximum absolute atomic E-state index is 10.7. The zero-order valence-electron chi connectivity index (χ0n) is 18.4. The van der Waals surface area contributed by atoms with Crippen LogP contribution >= 0.6 is 0 Å². The van der Waals surface area contributed by atoms with Gasteiger partial charge in [0.05, 0.1) is 11.8 Å². The molecular weight excluding hydrogens is 420 g/mol. The Morgan fingerprint density at radius 3 is 2.61 bits per heavy atom. The molecule has 2 bridgehead atoms. The first-order valence-electron chi connectivity index (χ1n) is 11.4. The Kier molecular flexibility index (Phi) is 4.98. The van der Waals surface area contributed by atoms with Crippen LogP contribution in [0.5, 0.6) is 17.4 Å². The standard InChI is InChI=1S/C24H26N6O3/c1-30(18-9-16-3-2-4-17(10-18)27-16)22-12-25-23(29-28-22)19-6-5-14(7-20(19)31)15-8-21-24(26-11-15)33-13-32-21/h5-8,11-12,16-18,27,31H,2-4,9-10,13H2,1H3/t16-,17+,18?. The summed E-state index contributed by atoms with van der Waals surface area (Å²) in [5, 5.41) is 23.2. The summed E-state index contributed by atoms with van der Waals surface area (Å²) in [4.78, 5) is 11.0. The van der Waals surface area contributed by atoms with Crippen LogP contribution in [0.2, 0.25) is 0 Å². The minimum atomic E-state index is 0.0826. The SMILES string of the molecule is CN(c1cnc(-c2ccc(-c3cnc4c(c3)OCO4)cc2O)nn1)C1C[C@H]2CCC[C@@H](C1)N2. The number of aromatic hydroxyl groups is 1. The number of phenolic OH excluding ortho intramolecular Hbond substituents is 1. The van der Waals surface area contributed by atoms with Gasteiger partial charge in [-0.2, -0.15) is 0 Å². The second-order valence-corrected chi connectivity index (χ2v) is 9.03. The number of pyridine rings is 1. The van der Waals surface area contributed by atoms with Crippen molar-refractivity contribution in [2.24, 2.45) is 0 Å². The number of anilines is 1. The third-order valence-electron chi connectivity index (χ3n) is 6.95. The third kappa shape index (κ3) is 3.82. The van der Waals surface area contributed by atoms with Crippen LogP contribution in [0.25, 0.3) is 22.5 Å². The molecule has 0 radical (unpaired) electrons. The number of phenols is 1. The van der Waals surface area contributed by atoms with Gasteiger partial charge in [0.2, 0.25) is 6.79 Å². The number of nitrogens with one attached hydrogen (secondary N) is 1. The summed E-state index contributed by atoms with van der Waals surface area (Å²) in [6.07, 6.45) is 9.50. The van der Waals surface area contributed by atoms with Crippen molar-refractivity contribution in [1.82, 2.24) is 25.5 Å². The van der Waals surface area contributed by atoms with Crippen molar-refractivity contribution in [1.29, 1.82) is 0 Å². The van der Waals surface area contributed by atoms with Crippen molar-refractivity contribution in [2.75, 3.05) is 18.7 Å². The molecule has 3 aromatic rings. The highest BCUT2D eigenvalue weighted by Crippen LogP contribution is 2.36. The first kappa shape index (κ1) is 20.2. The molecule has 2 saturated heterocycles. The molecule has 3 atom stereocenters. The van der Waals surface area contributed by atoms with Crippen LogP contribution < -0.4 is 19.7 Å². The van der Waals surface area contributed by atoms with E-state index in [2.05, 4.69) is 37.4 Å². The maximum atomic E-state index is 10.7. The predicted octanol–water partition coefficient (Wildman–Crippen LogP) is 3.14. The number of hydrogen-bond donors (Lipinski definition) is 2. The zero-order valence-corrected chi connectivity index (χ0v) is 18.4. The van der Waals surface area contributed by atoms with Crippen molar-refractivity contribution in [3.05, 3.63) is 36.7 Å². The second-order valence-electron chi connectivity index (χ2n) is 9.03. The number of nitrogens with zero attached hydrogens (tertiary/aromatic N) is 5. The average Bonchev–Trinajstić information content (AvgIpc) is 3.31. The monoisotopic (exact) mass is 446 g/mol. The minimum Gasteiger partial charge on any atom is -0.507 e. The fourth-order valence-electron chi connectivity index (χ4n) is 5.14. The number of benzene rings is 1. The van der Waals surface area contributed by atoms with Gasteiger partial charge >= 0.3 is 0 Å². The quantitative estimate of drug-likeness (QED) is 0.625. The molecular formula is C24H26N6O3. The maximum Gasteiger partial charge on any atom is 0.260 e. The first-order chi connectivity index (χ1) is 16.1. The normalized spacial score (nSPS) is 23.4. The molecule has 3 aliphatic rings. The van der Waals surface area contributed by atoms with Crippen LogP contribution in [-0.4, -0.2) is 57.2 Å². The Hall–Kier alpha value is -3.46. The number of hydrogen-bond acceptors (Lipinski definition) is 9. The molecule has 6 rings (SSSR count). The predicted molar refractivity (Wildman–Crippen MR) is 122 cm³/mol. The lowest BCUT2D eigenvalue weighted by molar-refractivity contribution is 0.171. The van der Waals surface area contributed by atoms with Crippen LogP contribution in [0.1, 0.15) is 32.1 Å². The molecule has 2 fully saturated rings. The summed E-state index contributed by atoms with van der Waals surface area (Å²) in [7, 11) is 2.07. The number of rotatable bonds is 4. The summed E-state index contributed by atoms with van der Waals surface area (Å²) in [5.41, 5.74) is 2.16. The van der Waals surface area contributed by atoms with E-state index in [1.807, 2.05) is 12.1 Å². The van der Waals surface area contributed by atoms with Gasteiger partial charge < -0.3 is 24.8 Å². The van der Waals surface area contributed by atoms with Gasteiger partial charge in [-0.3, -0.25) is 0 Å². The molecule has 0 spiro atoms. The lowest BCUT2D eigenvalue weighted by Crippen LogP contribution is -2.54. The molecule has 5 heterocycles. The second kappa shape index (κ2) is 8.15. The molecule has 2 aromatic heterocycles. The van der Waals surface area contributed by atoms with E-state index >= 15 is 0 Å². The largest absolute Gasteiger partial charge is 0.507 e. The smallest absolute Gasteiger partial charge is 0.260 e. The van der Waals surface area contributed by atoms with Crippen molar-refractivity contribution in [3.8, 4) is 39.9 Å². The van der Waals surface area contributed by atoms with E-state index in [0.29, 0.717) is 41.1 Å². The highest BCUT2D eigenvalue weighted by atomic mass is 16.7. The van der Waals surface area contributed by atoms with Gasteiger partial charge in [0.25, 0.3) is 5.88 Å². The fourth-order valence-corrected chi connectivity index (χ4v) is 5.14. The molecule has 9 nitrogen and oxygen atoms in total. The van der Waals surface area contributed by atoms with Gasteiger partial charge in [0, 0.05) is 36.9 Å². The summed E-state index contributed by atoms with van der Waals surface area (Å²) in [6, 6.07) is 8.84. The van der Waals surface area contributed by atoms with E-state index in [1.54, 1.807) is 24.5 Å². The number of piperidine rings is 2. The lowest BCUT2D eigenvalue weighted by atomic mass is 9.83. The van der Waals surface area contributed by atoms with E-state index in [9.17, 15) is 5.11 Å². The molecule has 2 N–H and O–H groups in total.